The number of unbranched alkanes of at least 4 members (excludes halogenated alkanes) is 3. The number of halogens is 1. The predicted molar refractivity (Wildman–Crippen MR) is 70.8 cm³/mol. The summed E-state index contributed by atoms with van der Waals surface area (Å²) < 4.78 is 5.61. The maximum atomic E-state index is 5.61. The molecule has 0 rings (SSSR count). The summed E-state index contributed by atoms with van der Waals surface area (Å²) >= 11 is 3.44. The summed E-state index contributed by atoms with van der Waals surface area (Å²) in [4.78, 5) is 0. The van der Waals surface area contributed by atoms with Crippen molar-refractivity contribution in [3.05, 3.63) is 0 Å². The second kappa shape index (κ2) is 9.61. The molecule has 0 unspecified atom stereocenters. The highest BCUT2D eigenvalue weighted by Gasteiger charge is 2.08. The minimum absolute atomic E-state index is 0.00242. The highest BCUT2D eigenvalue weighted by atomic mass is 79.9. The second-order valence-electron chi connectivity index (χ2n) is 4.81. The highest BCUT2D eigenvalue weighted by Crippen LogP contribution is 2.05. The first-order valence-electron chi connectivity index (χ1n) is 5.97. The van der Waals surface area contributed by atoms with Gasteiger partial charge in [-0.3, -0.25) is 0 Å². The van der Waals surface area contributed by atoms with Crippen LogP contribution in [0.4, 0.5) is 0 Å². The first kappa shape index (κ1) is 15.4. The van der Waals surface area contributed by atoms with E-state index in [1.807, 2.05) is 0 Å². The molecular formula is C12H26BrNO. The van der Waals surface area contributed by atoms with E-state index in [0.29, 0.717) is 0 Å². The third kappa shape index (κ3) is 14.4. The van der Waals surface area contributed by atoms with Crippen molar-refractivity contribution in [3.8, 4) is 0 Å². The lowest BCUT2D eigenvalue weighted by molar-refractivity contribution is -0.000757. The van der Waals surface area contributed by atoms with Crippen LogP contribution in [0.15, 0.2) is 0 Å². The maximum absolute atomic E-state index is 5.61. The summed E-state index contributed by atoms with van der Waals surface area (Å²) in [6.07, 6.45) is 5.25. The van der Waals surface area contributed by atoms with Gasteiger partial charge in [0.05, 0.1) is 12.2 Å². The molecule has 92 valence electrons. The van der Waals surface area contributed by atoms with E-state index in [0.717, 1.165) is 25.0 Å². The molecule has 0 atom stereocenters. The van der Waals surface area contributed by atoms with Crippen LogP contribution in [0, 0.1) is 0 Å². The average molecular weight is 280 g/mol. The SMILES string of the molecule is CC(C)(C)OCCNCCCCCCBr. The molecule has 15 heavy (non-hydrogen) atoms. The Hall–Kier alpha value is 0.400. The van der Waals surface area contributed by atoms with Gasteiger partial charge in [0.15, 0.2) is 0 Å². The van der Waals surface area contributed by atoms with Crippen molar-refractivity contribution in [2.24, 2.45) is 0 Å². The minimum Gasteiger partial charge on any atom is -0.375 e. The summed E-state index contributed by atoms with van der Waals surface area (Å²) in [7, 11) is 0. The smallest absolute Gasteiger partial charge is 0.0599 e. The highest BCUT2D eigenvalue weighted by molar-refractivity contribution is 9.09. The molecule has 0 aliphatic heterocycles. The normalized spacial score (nSPS) is 12.0. The van der Waals surface area contributed by atoms with Gasteiger partial charge in [-0.15, -0.1) is 0 Å². The zero-order valence-corrected chi connectivity index (χ0v) is 12.0. The Morgan fingerprint density at radius 3 is 2.27 bits per heavy atom. The molecule has 0 radical (unpaired) electrons. The van der Waals surface area contributed by atoms with E-state index in [1.165, 1.54) is 25.7 Å². The number of hydrogen-bond donors (Lipinski definition) is 1. The van der Waals surface area contributed by atoms with Gasteiger partial charge in [0.2, 0.25) is 0 Å². The van der Waals surface area contributed by atoms with E-state index < -0.39 is 0 Å². The van der Waals surface area contributed by atoms with Gasteiger partial charge in [-0.25, -0.2) is 0 Å². The van der Waals surface area contributed by atoms with Crippen LogP contribution in [-0.2, 0) is 4.74 Å². The maximum Gasteiger partial charge on any atom is 0.0599 e. The van der Waals surface area contributed by atoms with Crippen LogP contribution in [0.2, 0.25) is 0 Å². The van der Waals surface area contributed by atoms with E-state index >= 15 is 0 Å². The molecule has 0 saturated heterocycles. The van der Waals surface area contributed by atoms with Crippen molar-refractivity contribution < 1.29 is 4.74 Å². The molecule has 0 bridgehead atoms. The summed E-state index contributed by atoms with van der Waals surface area (Å²) in [6, 6.07) is 0. The van der Waals surface area contributed by atoms with E-state index in [4.69, 9.17) is 4.74 Å². The molecule has 0 spiro atoms. The van der Waals surface area contributed by atoms with E-state index in [9.17, 15) is 0 Å². The Balaban J connectivity index is 2.99. The van der Waals surface area contributed by atoms with Gasteiger partial charge in [-0.05, 0) is 40.2 Å². The van der Waals surface area contributed by atoms with Gasteiger partial charge in [-0.2, -0.15) is 0 Å². The van der Waals surface area contributed by atoms with Crippen LogP contribution < -0.4 is 5.32 Å². The third-order valence-electron chi connectivity index (χ3n) is 2.05. The van der Waals surface area contributed by atoms with Crippen LogP contribution in [0.3, 0.4) is 0 Å². The van der Waals surface area contributed by atoms with Crippen molar-refractivity contribution in [2.45, 2.75) is 52.1 Å². The van der Waals surface area contributed by atoms with Gasteiger partial charge in [0.1, 0.15) is 0 Å². The Bertz CT molecular complexity index is 134. The van der Waals surface area contributed by atoms with Gasteiger partial charge in [-0.1, -0.05) is 28.8 Å². The molecule has 0 fully saturated rings. The van der Waals surface area contributed by atoms with E-state index in [-0.39, 0.29) is 5.60 Å². The standard InChI is InChI=1S/C12H26BrNO/c1-12(2,3)15-11-10-14-9-7-5-4-6-8-13/h14H,4-11H2,1-3H3. The van der Waals surface area contributed by atoms with E-state index in [1.54, 1.807) is 0 Å². The average Bonchev–Trinajstić information content (AvgIpc) is 2.14. The topological polar surface area (TPSA) is 21.3 Å². The quantitative estimate of drug-likeness (QED) is 0.516. The summed E-state index contributed by atoms with van der Waals surface area (Å²) in [5.74, 6) is 0. The number of nitrogens with one attached hydrogen (secondary N) is 1. The lowest BCUT2D eigenvalue weighted by Gasteiger charge is -2.19. The number of ether oxygens (including phenoxy) is 1. The minimum atomic E-state index is -0.00242. The number of alkyl halides is 1. The molecule has 0 saturated carbocycles. The molecule has 0 aromatic carbocycles. The number of rotatable bonds is 9. The molecule has 2 nitrogen and oxygen atoms in total. The molecule has 0 aromatic heterocycles. The second-order valence-corrected chi connectivity index (χ2v) is 5.61. The Labute approximate surface area is 103 Å². The van der Waals surface area contributed by atoms with Crippen molar-refractivity contribution in [3.63, 3.8) is 0 Å². The summed E-state index contributed by atoms with van der Waals surface area (Å²) in [5.41, 5.74) is -0.00242. The lowest BCUT2D eigenvalue weighted by Crippen LogP contribution is -2.27. The zero-order valence-electron chi connectivity index (χ0n) is 10.4. The predicted octanol–water partition coefficient (Wildman–Crippen LogP) is 3.35. The molecule has 3 heteroatoms. The summed E-state index contributed by atoms with van der Waals surface area (Å²) in [5, 5.41) is 4.54. The van der Waals surface area contributed by atoms with Crippen LogP contribution in [0.25, 0.3) is 0 Å². The van der Waals surface area contributed by atoms with Crippen molar-refractivity contribution in [1.29, 1.82) is 0 Å². The zero-order chi connectivity index (χ0) is 11.6. The fourth-order valence-corrected chi connectivity index (χ4v) is 1.65. The van der Waals surface area contributed by atoms with Gasteiger partial charge in [0, 0.05) is 11.9 Å². The molecule has 0 amide bonds. The Morgan fingerprint density at radius 1 is 1.00 bits per heavy atom. The van der Waals surface area contributed by atoms with Crippen molar-refractivity contribution in [1.82, 2.24) is 5.32 Å². The summed E-state index contributed by atoms with van der Waals surface area (Å²) in [6.45, 7) is 9.17. The van der Waals surface area contributed by atoms with Crippen LogP contribution in [0.5, 0.6) is 0 Å². The van der Waals surface area contributed by atoms with Crippen molar-refractivity contribution in [2.75, 3.05) is 25.0 Å². The number of hydrogen-bond acceptors (Lipinski definition) is 2. The largest absolute Gasteiger partial charge is 0.375 e. The van der Waals surface area contributed by atoms with Gasteiger partial charge >= 0.3 is 0 Å². The van der Waals surface area contributed by atoms with Crippen LogP contribution in [-0.4, -0.2) is 30.6 Å². The fraction of sp³-hybridized carbons (Fsp3) is 1.00. The molecule has 0 aromatic rings. The van der Waals surface area contributed by atoms with Crippen LogP contribution >= 0.6 is 15.9 Å². The van der Waals surface area contributed by atoms with Crippen LogP contribution in [0.1, 0.15) is 46.5 Å². The molecule has 0 heterocycles. The molecule has 0 aliphatic carbocycles. The van der Waals surface area contributed by atoms with Gasteiger partial charge < -0.3 is 10.1 Å². The van der Waals surface area contributed by atoms with Crippen molar-refractivity contribution >= 4 is 15.9 Å². The lowest BCUT2D eigenvalue weighted by atomic mass is 10.2. The third-order valence-corrected chi connectivity index (χ3v) is 2.61. The van der Waals surface area contributed by atoms with E-state index in [2.05, 4.69) is 42.0 Å². The Kier molecular flexibility index (Phi) is 9.87. The molecule has 0 aliphatic rings. The Morgan fingerprint density at radius 2 is 1.67 bits per heavy atom. The van der Waals surface area contributed by atoms with Gasteiger partial charge in [0.25, 0.3) is 0 Å². The monoisotopic (exact) mass is 279 g/mol. The fourth-order valence-electron chi connectivity index (χ4n) is 1.25. The first-order chi connectivity index (χ1) is 7.06. The molecule has 1 N–H and O–H groups in total. The first-order valence-corrected chi connectivity index (χ1v) is 7.09. The molecular weight excluding hydrogens is 254 g/mol.